The fourth-order valence-corrected chi connectivity index (χ4v) is 2.26. The van der Waals surface area contributed by atoms with Crippen LogP contribution in [0.25, 0.3) is 10.9 Å². The summed E-state index contributed by atoms with van der Waals surface area (Å²) in [7, 11) is 0. The van der Waals surface area contributed by atoms with Crippen molar-refractivity contribution in [1.82, 2.24) is 19.7 Å². The molecule has 1 aromatic carbocycles. The van der Waals surface area contributed by atoms with Crippen molar-refractivity contribution in [3.63, 3.8) is 0 Å². The summed E-state index contributed by atoms with van der Waals surface area (Å²) >= 11 is 0. The van der Waals surface area contributed by atoms with Gasteiger partial charge in [0.1, 0.15) is 12.4 Å². The third-order valence-electron chi connectivity index (χ3n) is 3.36. The lowest BCUT2D eigenvalue weighted by Crippen LogP contribution is -2.09. The standard InChI is InChI=1S/C15H14N6/c1-2-21-10-19-20-14(21)9-18-15-11(7-16)8-17-13-6-4-3-5-12(13)15/h3-6,8,10H,2,9H2,1H3,(H,17,18). The fourth-order valence-electron chi connectivity index (χ4n) is 2.26. The topological polar surface area (TPSA) is 79.4 Å². The van der Waals surface area contributed by atoms with Gasteiger partial charge in [0.2, 0.25) is 0 Å². The van der Waals surface area contributed by atoms with E-state index in [1.165, 1.54) is 0 Å². The molecule has 0 aliphatic rings. The fraction of sp³-hybridized carbons (Fsp3) is 0.200. The van der Waals surface area contributed by atoms with Gasteiger partial charge in [-0.3, -0.25) is 4.98 Å². The molecule has 0 atom stereocenters. The molecule has 6 nitrogen and oxygen atoms in total. The van der Waals surface area contributed by atoms with E-state index < -0.39 is 0 Å². The molecule has 0 saturated carbocycles. The zero-order valence-corrected chi connectivity index (χ0v) is 11.6. The van der Waals surface area contributed by atoms with Crippen molar-refractivity contribution in [3.05, 3.63) is 48.2 Å². The number of benzene rings is 1. The van der Waals surface area contributed by atoms with Crippen LogP contribution in [-0.4, -0.2) is 19.7 Å². The molecule has 3 aromatic rings. The number of fused-ring (bicyclic) bond motifs is 1. The normalized spacial score (nSPS) is 10.5. The first-order valence-corrected chi connectivity index (χ1v) is 6.72. The van der Waals surface area contributed by atoms with Crippen LogP contribution in [0.4, 0.5) is 5.69 Å². The number of nitrogens with one attached hydrogen (secondary N) is 1. The van der Waals surface area contributed by atoms with Gasteiger partial charge in [0.15, 0.2) is 5.82 Å². The van der Waals surface area contributed by atoms with Gasteiger partial charge in [-0.15, -0.1) is 10.2 Å². The zero-order chi connectivity index (χ0) is 14.7. The Morgan fingerprint density at radius 1 is 1.33 bits per heavy atom. The third-order valence-corrected chi connectivity index (χ3v) is 3.36. The summed E-state index contributed by atoms with van der Waals surface area (Å²) in [5.41, 5.74) is 2.17. The number of hydrogen-bond acceptors (Lipinski definition) is 5. The molecule has 0 amide bonds. The Kier molecular flexibility index (Phi) is 3.48. The number of anilines is 1. The molecule has 0 saturated heterocycles. The summed E-state index contributed by atoms with van der Waals surface area (Å²) in [6.07, 6.45) is 3.29. The highest BCUT2D eigenvalue weighted by Gasteiger charge is 2.10. The Balaban J connectivity index is 1.98. The first kappa shape index (κ1) is 13.1. The first-order valence-electron chi connectivity index (χ1n) is 6.72. The second-order valence-electron chi connectivity index (χ2n) is 4.56. The summed E-state index contributed by atoms with van der Waals surface area (Å²) in [4.78, 5) is 4.30. The number of aromatic nitrogens is 4. The van der Waals surface area contributed by atoms with Crippen LogP contribution in [0, 0.1) is 11.3 Å². The molecule has 0 aliphatic heterocycles. The summed E-state index contributed by atoms with van der Waals surface area (Å²) < 4.78 is 1.96. The Labute approximate surface area is 122 Å². The lowest BCUT2D eigenvalue weighted by atomic mass is 10.1. The molecular formula is C15H14N6. The van der Waals surface area contributed by atoms with Gasteiger partial charge in [-0.1, -0.05) is 18.2 Å². The van der Waals surface area contributed by atoms with Gasteiger partial charge < -0.3 is 9.88 Å². The number of aryl methyl sites for hydroxylation is 1. The Morgan fingerprint density at radius 2 is 2.19 bits per heavy atom. The van der Waals surface area contributed by atoms with E-state index in [0.717, 1.165) is 29.0 Å². The van der Waals surface area contributed by atoms with Gasteiger partial charge in [0.25, 0.3) is 0 Å². The Hall–Kier alpha value is -2.94. The van der Waals surface area contributed by atoms with E-state index in [2.05, 4.69) is 26.6 Å². The molecule has 0 radical (unpaired) electrons. The van der Waals surface area contributed by atoms with Crippen LogP contribution in [0.1, 0.15) is 18.3 Å². The predicted molar refractivity (Wildman–Crippen MR) is 79.5 cm³/mol. The van der Waals surface area contributed by atoms with E-state index in [4.69, 9.17) is 0 Å². The van der Waals surface area contributed by atoms with Crippen molar-refractivity contribution in [2.24, 2.45) is 0 Å². The largest absolute Gasteiger partial charge is 0.376 e. The predicted octanol–water partition coefficient (Wildman–Crippen LogP) is 2.33. The van der Waals surface area contributed by atoms with Crippen LogP contribution in [0.15, 0.2) is 36.8 Å². The third kappa shape index (κ3) is 2.41. The first-order chi connectivity index (χ1) is 10.3. The molecule has 0 aliphatic carbocycles. The number of rotatable bonds is 4. The SMILES string of the molecule is CCn1cnnc1CNc1c(C#N)cnc2ccccc12. The van der Waals surface area contributed by atoms with E-state index >= 15 is 0 Å². The Morgan fingerprint density at radius 3 is 3.00 bits per heavy atom. The van der Waals surface area contributed by atoms with Crippen LogP contribution in [-0.2, 0) is 13.1 Å². The van der Waals surface area contributed by atoms with Crippen LogP contribution in [0.5, 0.6) is 0 Å². The lowest BCUT2D eigenvalue weighted by molar-refractivity contribution is 0.708. The average molecular weight is 278 g/mol. The van der Waals surface area contributed by atoms with Crippen molar-refractivity contribution in [2.45, 2.75) is 20.0 Å². The molecule has 2 aromatic heterocycles. The summed E-state index contributed by atoms with van der Waals surface area (Å²) in [5.74, 6) is 0.835. The van der Waals surface area contributed by atoms with E-state index in [9.17, 15) is 5.26 Å². The molecule has 0 spiro atoms. The van der Waals surface area contributed by atoms with E-state index in [1.54, 1.807) is 12.5 Å². The minimum Gasteiger partial charge on any atom is -0.376 e. The van der Waals surface area contributed by atoms with E-state index in [0.29, 0.717) is 12.1 Å². The van der Waals surface area contributed by atoms with Gasteiger partial charge in [-0.25, -0.2) is 0 Å². The molecule has 2 heterocycles. The van der Waals surface area contributed by atoms with Crippen molar-refractivity contribution < 1.29 is 0 Å². The van der Waals surface area contributed by atoms with Gasteiger partial charge in [-0.05, 0) is 13.0 Å². The smallest absolute Gasteiger partial charge is 0.152 e. The van der Waals surface area contributed by atoms with Crippen LogP contribution in [0.3, 0.4) is 0 Å². The van der Waals surface area contributed by atoms with Gasteiger partial charge in [0, 0.05) is 18.1 Å². The highest BCUT2D eigenvalue weighted by Crippen LogP contribution is 2.25. The van der Waals surface area contributed by atoms with Gasteiger partial charge in [0.05, 0.1) is 23.3 Å². The lowest BCUT2D eigenvalue weighted by Gasteiger charge is -2.11. The van der Waals surface area contributed by atoms with E-state index in [-0.39, 0.29) is 0 Å². The summed E-state index contributed by atoms with van der Waals surface area (Å²) in [6, 6.07) is 9.92. The van der Waals surface area contributed by atoms with Crippen LogP contribution < -0.4 is 5.32 Å². The minimum absolute atomic E-state index is 0.510. The van der Waals surface area contributed by atoms with Crippen LogP contribution in [0.2, 0.25) is 0 Å². The number of nitrogens with zero attached hydrogens (tertiary/aromatic N) is 5. The van der Waals surface area contributed by atoms with Crippen molar-refractivity contribution in [3.8, 4) is 6.07 Å². The monoisotopic (exact) mass is 278 g/mol. The van der Waals surface area contributed by atoms with Gasteiger partial charge >= 0.3 is 0 Å². The average Bonchev–Trinajstić information content (AvgIpc) is 2.99. The molecular weight excluding hydrogens is 264 g/mol. The second kappa shape index (κ2) is 5.59. The second-order valence-corrected chi connectivity index (χ2v) is 4.56. The van der Waals surface area contributed by atoms with Crippen LogP contribution >= 0.6 is 0 Å². The van der Waals surface area contributed by atoms with Crippen molar-refractivity contribution in [1.29, 1.82) is 5.26 Å². The van der Waals surface area contributed by atoms with Crippen molar-refractivity contribution >= 4 is 16.6 Å². The Bertz CT molecular complexity index is 814. The maximum Gasteiger partial charge on any atom is 0.152 e. The number of nitriles is 1. The van der Waals surface area contributed by atoms with Crippen molar-refractivity contribution in [2.75, 3.05) is 5.32 Å². The maximum atomic E-state index is 9.27. The highest BCUT2D eigenvalue weighted by molar-refractivity contribution is 5.93. The minimum atomic E-state index is 0.510. The van der Waals surface area contributed by atoms with Gasteiger partial charge in [-0.2, -0.15) is 5.26 Å². The molecule has 0 fully saturated rings. The molecule has 0 bridgehead atoms. The molecule has 6 heteroatoms. The summed E-state index contributed by atoms with van der Waals surface area (Å²) in [5, 5.41) is 21.5. The molecule has 104 valence electrons. The number of pyridine rings is 1. The quantitative estimate of drug-likeness (QED) is 0.792. The molecule has 1 N–H and O–H groups in total. The molecule has 3 rings (SSSR count). The molecule has 21 heavy (non-hydrogen) atoms. The number of hydrogen-bond donors (Lipinski definition) is 1. The maximum absolute atomic E-state index is 9.27. The highest BCUT2D eigenvalue weighted by atomic mass is 15.3. The summed E-state index contributed by atoms with van der Waals surface area (Å²) in [6.45, 7) is 3.36. The zero-order valence-electron chi connectivity index (χ0n) is 11.6. The molecule has 0 unspecified atom stereocenters. The number of para-hydroxylation sites is 1. The van der Waals surface area contributed by atoms with E-state index in [1.807, 2.05) is 35.8 Å².